The molecule has 0 aromatic heterocycles. The van der Waals surface area contributed by atoms with Crippen molar-refractivity contribution in [2.45, 2.75) is 57.1 Å². The SMILES string of the molecule is O=C(OCC(=O)N1CCNC1=O)[C@@H]1CC(O)CN1C(=O)C12CC3CC(CC(C3)C1)C2. The molecule has 6 aliphatic rings. The predicted molar refractivity (Wildman–Crippen MR) is 103 cm³/mol. The van der Waals surface area contributed by atoms with Crippen LogP contribution in [0.3, 0.4) is 0 Å². The van der Waals surface area contributed by atoms with Gasteiger partial charge in [-0.25, -0.2) is 9.59 Å². The smallest absolute Gasteiger partial charge is 0.329 e. The molecule has 6 rings (SSSR count). The molecule has 2 atom stereocenters. The van der Waals surface area contributed by atoms with E-state index < -0.39 is 42.1 Å². The standard InChI is InChI=1S/C21H29N3O6/c25-15-6-16(18(27)30-11-17(26)23-2-1-22-20(23)29)24(10-15)19(28)21-7-12-3-13(8-21)5-14(4-12)9-21/h12-16,25H,1-11H2,(H,22,29)/t12?,13?,14?,15?,16-,21?/m0/s1. The average molecular weight is 419 g/mol. The number of rotatable bonds is 4. The van der Waals surface area contributed by atoms with Crippen LogP contribution in [0.2, 0.25) is 0 Å². The molecule has 2 N–H and O–H groups in total. The molecule has 30 heavy (non-hydrogen) atoms. The summed E-state index contributed by atoms with van der Waals surface area (Å²) >= 11 is 0. The lowest BCUT2D eigenvalue weighted by Gasteiger charge is -2.56. The molecule has 4 amide bonds. The second-order valence-electron chi connectivity index (χ2n) is 9.95. The summed E-state index contributed by atoms with van der Waals surface area (Å²) in [5.74, 6) is 0.505. The van der Waals surface area contributed by atoms with Gasteiger partial charge in [-0.2, -0.15) is 0 Å². The molecule has 6 fully saturated rings. The molecule has 2 heterocycles. The highest BCUT2D eigenvalue weighted by molar-refractivity contribution is 5.97. The Labute approximate surface area is 175 Å². The summed E-state index contributed by atoms with van der Waals surface area (Å²) in [5, 5.41) is 12.7. The molecule has 2 aliphatic heterocycles. The van der Waals surface area contributed by atoms with Crippen molar-refractivity contribution >= 4 is 23.8 Å². The number of ether oxygens (including phenoxy) is 1. The van der Waals surface area contributed by atoms with Crippen LogP contribution >= 0.6 is 0 Å². The Morgan fingerprint density at radius 1 is 1.07 bits per heavy atom. The monoisotopic (exact) mass is 419 g/mol. The van der Waals surface area contributed by atoms with Crippen LogP contribution in [-0.2, 0) is 19.1 Å². The largest absolute Gasteiger partial charge is 0.454 e. The van der Waals surface area contributed by atoms with Gasteiger partial charge in [0.05, 0.1) is 11.5 Å². The van der Waals surface area contributed by atoms with E-state index in [-0.39, 0.29) is 25.4 Å². The Hall–Kier alpha value is -2.16. The summed E-state index contributed by atoms with van der Waals surface area (Å²) < 4.78 is 5.18. The van der Waals surface area contributed by atoms with Crippen molar-refractivity contribution < 1.29 is 29.0 Å². The van der Waals surface area contributed by atoms with E-state index in [1.807, 2.05) is 0 Å². The number of esters is 1. The van der Waals surface area contributed by atoms with Gasteiger partial charge in [0, 0.05) is 26.1 Å². The number of urea groups is 1. The highest BCUT2D eigenvalue weighted by atomic mass is 16.5. The molecule has 0 radical (unpaired) electrons. The molecular weight excluding hydrogens is 390 g/mol. The molecule has 4 bridgehead atoms. The van der Waals surface area contributed by atoms with Crippen LogP contribution in [0.4, 0.5) is 4.79 Å². The fourth-order valence-electron chi connectivity index (χ4n) is 6.96. The number of likely N-dealkylation sites (tertiary alicyclic amines) is 1. The molecular formula is C21H29N3O6. The van der Waals surface area contributed by atoms with Crippen LogP contribution in [0.1, 0.15) is 44.9 Å². The van der Waals surface area contributed by atoms with Gasteiger partial charge in [-0.05, 0) is 56.3 Å². The minimum atomic E-state index is -0.874. The number of amides is 4. The van der Waals surface area contributed by atoms with E-state index in [0.717, 1.165) is 24.2 Å². The van der Waals surface area contributed by atoms with Crippen LogP contribution in [0, 0.1) is 23.2 Å². The molecule has 0 aromatic rings. The molecule has 0 aromatic carbocycles. The van der Waals surface area contributed by atoms with Gasteiger partial charge in [-0.1, -0.05) is 0 Å². The van der Waals surface area contributed by atoms with E-state index >= 15 is 0 Å². The molecule has 9 heteroatoms. The molecule has 164 valence electrons. The van der Waals surface area contributed by atoms with E-state index in [1.54, 1.807) is 0 Å². The number of hydrogen-bond donors (Lipinski definition) is 2. The number of nitrogens with zero attached hydrogens (tertiary/aromatic N) is 2. The highest BCUT2D eigenvalue weighted by Crippen LogP contribution is 2.60. The number of imide groups is 1. The minimum Gasteiger partial charge on any atom is -0.454 e. The Morgan fingerprint density at radius 2 is 1.70 bits per heavy atom. The van der Waals surface area contributed by atoms with Crippen molar-refractivity contribution in [1.29, 1.82) is 0 Å². The topological polar surface area (TPSA) is 116 Å². The molecule has 0 spiro atoms. The van der Waals surface area contributed by atoms with E-state index in [9.17, 15) is 24.3 Å². The molecule has 1 unspecified atom stereocenters. The van der Waals surface area contributed by atoms with Gasteiger partial charge < -0.3 is 20.1 Å². The summed E-state index contributed by atoms with van der Waals surface area (Å²) in [4.78, 5) is 52.6. The Balaban J connectivity index is 1.26. The van der Waals surface area contributed by atoms with Gasteiger partial charge in [0.25, 0.3) is 5.91 Å². The number of nitrogens with one attached hydrogen (secondary N) is 1. The number of carbonyl (C=O) groups is 4. The first-order chi connectivity index (χ1) is 14.3. The van der Waals surface area contributed by atoms with E-state index in [0.29, 0.717) is 24.3 Å². The van der Waals surface area contributed by atoms with Crippen molar-refractivity contribution in [2.75, 3.05) is 26.2 Å². The second-order valence-corrected chi connectivity index (χ2v) is 9.95. The lowest BCUT2D eigenvalue weighted by Crippen LogP contribution is -2.56. The van der Waals surface area contributed by atoms with Gasteiger partial charge in [-0.15, -0.1) is 0 Å². The Morgan fingerprint density at radius 3 is 2.27 bits per heavy atom. The lowest BCUT2D eigenvalue weighted by molar-refractivity contribution is -0.166. The second kappa shape index (κ2) is 7.21. The van der Waals surface area contributed by atoms with Gasteiger partial charge >= 0.3 is 12.0 Å². The van der Waals surface area contributed by atoms with Crippen molar-refractivity contribution in [1.82, 2.24) is 15.1 Å². The third-order valence-electron chi connectivity index (χ3n) is 7.80. The maximum Gasteiger partial charge on any atom is 0.329 e. The van der Waals surface area contributed by atoms with Crippen LogP contribution in [0.5, 0.6) is 0 Å². The Kier molecular flexibility index (Phi) is 4.76. The summed E-state index contributed by atoms with van der Waals surface area (Å²) in [6.45, 7) is 0.204. The Bertz CT molecular complexity index is 747. The summed E-state index contributed by atoms with van der Waals surface area (Å²) in [6.07, 6.45) is 5.64. The van der Waals surface area contributed by atoms with Crippen molar-refractivity contribution in [2.24, 2.45) is 23.2 Å². The summed E-state index contributed by atoms with van der Waals surface area (Å²) in [6, 6.07) is -1.37. The van der Waals surface area contributed by atoms with Crippen molar-refractivity contribution in [3.8, 4) is 0 Å². The third-order valence-corrected chi connectivity index (χ3v) is 7.80. The van der Waals surface area contributed by atoms with Crippen LogP contribution in [-0.4, -0.2) is 77.1 Å². The first-order valence-electron chi connectivity index (χ1n) is 11.1. The number of β-amino-alcohol motifs (C(OH)–C–C–N with tert-alkyl or cyclic N) is 1. The first kappa shape index (κ1) is 19.8. The van der Waals surface area contributed by atoms with Gasteiger partial charge in [-0.3, -0.25) is 14.5 Å². The first-order valence-corrected chi connectivity index (χ1v) is 11.1. The van der Waals surface area contributed by atoms with Crippen LogP contribution < -0.4 is 5.32 Å². The highest BCUT2D eigenvalue weighted by Gasteiger charge is 2.57. The summed E-state index contributed by atoms with van der Waals surface area (Å²) in [5.41, 5.74) is -0.402. The van der Waals surface area contributed by atoms with E-state index in [4.69, 9.17) is 4.74 Å². The van der Waals surface area contributed by atoms with Gasteiger partial charge in [0.2, 0.25) is 5.91 Å². The van der Waals surface area contributed by atoms with E-state index in [1.165, 1.54) is 24.2 Å². The van der Waals surface area contributed by atoms with Crippen molar-refractivity contribution in [3.63, 3.8) is 0 Å². The van der Waals surface area contributed by atoms with Crippen LogP contribution in [0.25, 0.3) is 0 Å². The average Bonchev–Trinajstić information content (AvgIpc) is 3.29. The fourth-order valence-corrected chi connectivity index (χ4v) is 6.96. The van der Waals surface area contributed by atoms with Gasteiger partial charge in [0.15, 0.2) is 6.61 Å². The maximum absolute atomic E-state index is 13.6. The zero-order chi connectivity index (χ0) is 21.0. The molecule has 9 nitrogen and oxygen atoms in total. The maximum atomic E-state index is 13.6. The normalized spacial score (nSPS) is 39.4. The molecule has 4 aliphatic carbocycles. The van der Waals surface area contributed by atoms with Gasteiger partial charge in [0.1, 0.15) is 6.04 Å². The lowest BCUT2D eigenvalue weighted by atomic mass is 9.49. The van der Waals surface area contributed by atoms with Crippen LogP contribution in [0.15, 0.2) is 0 Å². The zero-order valence-corrected chi connectivity index (χ0v) is 17.0. The predicted octanol–water partition coefficient (Wildman–Crippen LogP) is 0.260. The fraction of sp³-hybridized carbons (Fsp3) is 0.810. The minimum absolute atomic E-state index is 0.0228. The van der Waals surface area contributed by atoms with Crippen molar-refractivity contribution in [3.05, 3.63) is 0 Å². The zero-order valence-electron chi connectivity index (χ0n) is 17.0. The molecule has 4 saturated carbocycles. The number of aliphatic hydroxyl groups is 1. The van der Waals surface area contributed by atoms with E-state index in [2.05, 4.69) is 5.32 Å². The number of carbonyl (C=O) groups excluding carboxylic acids is 4. The number of aliphatic hydroxyl groups excluding tert-OH is 1. The summed E-state index contributed by atoms with van der Waals surface area (Å²) in [7, 11) is 0. The quantitative estimate of drug-likeness (QED) is 0.632. The number of hydrogen-bond acceptors (Lipinski definition) is 6. The third kappa shape index (κ3) is 3.27. The molecule has 2 saturated heterocycles.